The van der Waals surface area contributed by atoms with E-state index in [0.717, 1.165) is 44.7 Å². The Labute approximate surface area is 225 Å². The van der Waals surface area contributed by atoms with Gasteiger partial charge in [0.15, 0.2) is 0 Å². The molecule has 39 heavy (non-hydrogen) atoms. The fourth-order valence-electron chi connectivity index (χ4n) is 5.24. The van der Waals surface area contributed by atoms with Crippen molar-refractivity contribution in [3.8, 4) is 11.3 Å². The molecule has 4 aromatic rings. The van der Waals surface area contributed by atoms with Crippen LogP contribution < -0.4 is 15.8 Å². The van der Waals surface area contributed by atoms with Crippen molar-refractivity contribution in [1.29, 1.82) is 0 Å². The molecule has 5 heterocycles. The number of benzene rings is 1. The van der Waals surface area contributed by atoms with Crippen molar-refractivity contribution < 1.29 is 14.2 Å². The standard InChI is InChI=1S/C29H31FN6O3/c30-28-19(18-35-12-14-39-15-13-35)2-1-3-22(28)24-16-25(27-23(33-24)6-9-31-29(27)38)34-26-5-4-20(17-32-26)36-10-7-21(37)8-11-36/h1-6,9,16-17,21,37H,7-8,10-15,18H2,(H,31,38)(H,32,33,34). The maximum Gasteiger partial charge on any atom is 0.259 e. The normalized spacial score (nSPS) is 17.0. The molecule has 3 N–H and O–H groups in total. The van der Waals surface area contributed by atoms with Gasteiger partial charge in [-0.2, -0.15) is 0 Å². The number of rotatable bonds is 6. The van der Waals surface area contributed by atoms with Gasteiger partial charge < -0.3 is 25.0 Å². The van der Waals surface area contributed by atoms with E-state index in [4.69, 9.17) is 4.74 Å². The van der Waals surface area contributed by atoms with Gasteiger partial charge in [0.1, 0.15) is 11.6 Å². The molecule has 1 aromatic carbocycles. The average molecular weight is 531 g/mol. The lowest BCUT2D eigenvalue weighted by atomic mass is 10.0. The third-order valence-corrected chi connectivity index (χ3v) is 7.42. The van der Waals surface area contributed by atoms with E-state index in [9.17, 15) is 9.90 Å². The number of morpholine rings is 1. The van der Waals surface area contributed by atoms with Crippen LogP contribution in [0.1, 0.15) is 18.4 Å². The number of halogens is 1. The Morgan fingerprint density at radius 2 is 1.92 bits per heavy atom. The molecule has 0 atom stereocenters. The third-order valence-electron chi connectivity index (χ3n) is 7.42. The summed E-state index contributed by atoms with van der Waals surface area (Å²) >= 11 is 0. The van der Waals surface area contributed by atoms with Crippen LogP contribution in [-0.4, -0.2) is 70.5 Å². The van der Waals surface area contributed by atoms with Gasteiger partial charge in [0, 0.05) is 50.0 Å². The number of aliphatic hydroxyl groups excluding tert-OH is 1. The van der Waals surface area contributed by atoms with Gasteiger partial charge in [-0.1, -0.05) is 12.1 Å². The number of hydrogen-bond donors (Lipinski definition) is 3. The zero-order chi connectivity index (χ0) is 26.8. The Bertz CT molecular complexity index is 1510. The number of anilines is 3. The summed E-state index contributed by atoms with van der Waals surface area (Å²) in [5.74, 6) is 0.236. The molecule has 2 aliphatic heterocycles. The summed E-state index contributed by atoms with van der Waals surface area (Å²) in [6.07, 6.45) is 4.55. The van der Waals surface area contributed by atoms with Crippen molar-refractivity contribution in [2.75, 3.05) is 49.6 Å². The Balaban J connectivity index is 1.32. The molecule has 0 unspecified atom stereocenters. The highest BCUT2D eigenvalue weighted by Gasteiger charge is 2.20. The first kappa shape index (κ1) is 25.4. The quantitative estimate of drug-likeness (QED) is 0.347. The van der Waals surface area contributed by atoms with E-state index in [2.05, 4.69) is 30.1 Å². The van der Waals surface area contributed by atoms with Gasteiger partial charge in [-0.25, -0.2) is 14.4 Å². The summed E-state index contributed by atoms with van der Waals surface area (Å²) in [6.45, 7) is 4.87. The summed E-state index contributed by atoms with van der Waals surface area (Å²) in [7, 11) is 0. The van der Waals surface area contributed by atoms with Crippen LogP contribution in [0.15, 0.2) is 59.7 Å². The summed E-state index contributed by atoms with van der Waals surface area (Å²) in [5.41, 5.74) is 3.04. The number of fused-ring (bicyclic) bond motifs is 1. The first-order valence-corrected chi connectivity index (χ1v) is 13.3. The number of aromatic nitrogens is 3. The number of nitrogens with zero attached hydrogens (tertiary/aromatic N) is 4. The monoisotopic (exact) mass is 530 g/mol. The molecule has 202 valence electrons. The van der Waals surface area contributed by atoms with Gasteiger partial charge in [-0.05, 0) is 43.2 Å². The summed E-state index contributed by atoms with van der Waals surface area (Å²) in [6, 6.07) is 12.6. The lowest BCUT2D eigenvalue weighted by Gasteiger charge is -2.31. The third kappa shape index (κ3) is 5.49. The van der Waals surface area contributed by atoms with Crippen LogP contribution in [0, 0.1) is 5.82 Å². The molecule has 10 heteroatoms. The highest BCUT2D eigenvalue weighted by atomic mass is 19.1. The van der Waals surface area contributed by atoms with Crippen LogP contribution in [0.25, 0.3) is 22.2 Å². The fraction of sp³-hybridized carbons (Fsp3) is 0.345. The van der Waals surface area contributed by atoms with Crippen molar-refractivity contribution in [3.63, 3.8) is 0 Å². The van der Waals surface area contributed by atoms with Crippen LogP contribution >= 0.6 is 0 Å². The van der Waals surface area contributed by atoms with Crippen LogP contribution in [0.2, 0.25) is 0 Å². The highest BCUT2D eigenvalue weighted by molar-refractivity contribution is 5.94. The second kappa shape index (κ2) is 11.1. The highest BCUT2D eigenvalue weighted by Crippen LogP contribution is 2.31. The fourth-order valence-corrected chi connectivity index (χ4v) is 5.24. The van der Waals surface area contributed by atoms with E-state index >= 15 is 4.39 Å². The number of aliphatic hydroxyl groups is 1. The second-order valence-corrected chi connectivity index (χ2v) is 10.0. The van der Waals surface area contributed by atoms with E-state index in [1.165, 1.54) is 0 Å². The molecule has 0 aliphatic carbocycles. The first-order valence-electron chi connectivity index (χ1n) is 13.3. The lowest BCUT2D eigenvalue weighted by Crippen LogP contribution is -2.35. The maximum atomic E-state index is 15.8. The van der Waals surface area contributed by atoms with Gasteiger partial charge in [0.05, 0.1) is 53.5 Å². The minimum absolute atomic E-state index is 0.243. The molecule has 9 nitrogen and oxygen atoms in total. The van der Waals surface area contributed by atoms with Crippen molar-refractivity contribution >= 4 is 28.1 Å². The molecule has 0 bridgehead atoms. The lowest BCUT2D eigenvalue weighted by molar-refractivity contribution is 0.0337. The topological polar surface area (TPSA) is 107 Å². The molecule has 2 aliphatic rings. The first-order chi connectivity index (χ1) is 19.0. The van der Waals surface area contributed by atoms with E-state index in [1.807, 2.05) is 18.2 Å². The average Bonchev–Trinajstić information content (AvgIpc) is 2.95. The SMILES string of the molecule is O=c1[nH]ccc2nc(-c3cccc(CN4CCOCC4)c3F)cc(Nc3ccc(N4CCC(O)CC4)cn3)c12. The number of nitrogens with one attached hydrogen (secondary N) is 2. The molecule has 3 aromatic heterocycles. The molecule has 2 saturated heterocycles. The molecule has 0 saturated carbocycles. The predicted octanol–water partition coefficient (Wildman–Crippen LogP) is 3.66. The van der Waals surface area contributed by atoms with E-state index in [-0.39, 0.29) is 17.5 Å². The molecular formula is C29H31FN6O3. The Hall–Kier alpha value is -3.86. The molecular weight excluding hydrogens is 499 g/mol. The largest absolute Gasteiger partial charge is 0.393 e. The van der Waals surface area contributed by atoms with E-state index in [1.54, 1.807) is 36.7 Å². The summed E-state index contributed by atoms with van der Waals surface area (Å²) < 4.78 is 21.2. The van der Waals surface area contributed by atoms with E-state index in [0.29, 0.717) is 59.0 Å². The number of hydrogen-bond acceptors (Lipinski definition) is 8. The molecule has 0 amide bonds. The van der Waals surface area contributed by atoms with Crippen LogP contribution in [0.4, 0.5) is 21.6 Å². The van der Waals surface area contributed by atoms with Crippen molar-refractivity contribution in [2.24, 2.45) is 0 Å². The Morgan fingerprint density at radius 3 is 2.69 bits per heavy atom. The number of ether oxygens (including phenoxy) is 1. The van der Waals surface area contributed by atoms with Crippen LogP contribution in [0.3, 0.4) is 0 Å². The zero-order valence-electron chi connectivity index (χ0n) is 21.6. The molecule has 0 radical (unpaired) electrons. The number of aromatic amines is 1. The van der Waals surface area contributed by atoms with Gasteiger partial charge in [0.25, 0.3) is 5.56 Å². The molecule has 0 spiro atoms. The number of H-pyrrole nitrogens is 1. The minimum Gasteiger partial charge on any atom is -0.393 e. The van der Waals surface area contributed by atoms with Crippen LogP contribution in [0.5, 0.6) is 0 Å². The van der Waals surface area contributed by atoms with Crippen molar-refractivity contribution in [2.45, 2.75) is 25.5 Å². The Morgan fingerprint density at radius 1 is 1.10 bits per heavy atom. The number of pyridine rings is 3. The predicted molar refractivity (Wildman–Crippen MR) is 149 cm³/mol. The van der Waals surface area contributed by atoms with Crippen molar-refractivity contribution in [3.05, 3.63) is 76.6 Å². The van der Waals surface area contributed by atoms with Crippen molar-refractivity contribution in [1.82, 2.24) is 19.9 Å². The molecule has 6 rings (SSSR count). The Kier molecular flexibility index (Phi) is 7.23. The van der Waals surface area contributed by atoms with Crippen LogP contribution in [-0.2, 0) is 11.3 Å². The summed E-state index contributed by atoms with van der Waals surface area (Å²) in [5, 5.41) is 13.4. The van der Waals surface area contributed by atoms with Gasteiger partial charge in [-0.3, -0.25) is 9.69 Å². The molecule has 2 fully saturated rings. The second-order valence-electron chi connectivity index (χ2n) is 10.0. The zero-order valence-corrected chi connectivity index (χ0v) is 21.6. The minimum atomic E-state index is -0.319. The number of piperidine rings is 1. The van der Waals surface area contributed by atoms with Gasteiger partial charge in [-0.15, -0.1) is 0 Å². The van der Waals surface area contributed by atoms with Gasteiger partial charge in [0.2, 0.25) is 0 Å². The summed E-state index contributed by atoms with van der Waals surface area (Å²) in [4.78, 5) is 29.1. The smallest absolute Gasteiger partial charge is 0.259 e. The van der Waals surface area contributed by atoms with Gasteiger partial charge >= 0.3 is 0 Å². The maximum absolute atomic E-state index is 15.8. The van der Waals surface area contributed by atoms with E-state index < -0.39 is 0 Å².